The minimum absolute atomic E-state index is 0.342. The van der Waals surface area contributed by atoms with Gasteiger partial charge in [-0.15, -0.1) is 12.8 Å². The van der Waals surface area contributed by atoms with E-state index in [1.165, 1.54) is 12.7 Å². The molecule has 6 aromatic rings. The number of terminal acetylenes is 2. The van der Waals surface area contributed by atoms with E-state index < -0.39 is 10.0 Å². The van der Waals surface area contributed by atoms with E-state index in [-0.39, 0.29) is 0 Å². The summed E-state index contributed by atoms with van der Waals surface area (Å²) in [6, 6.07) is 25.2. The van der Waals surface area contributed by atoms with E-state index in [0.717, 1.165) is 6.26 Å². The summed E-state index contributed by atoms with van der Waals surface area (Å²) in [5.41, 5.74) is 10.9. The molecule has 0 saturated carbocycles. The molecule has 0 radical (unpaired) electrons. The third-order valence-electron chi connectivity index (χ3n) is 6.67. The number of aromatic nitrogens is 4. The van der Waals surface area contributed by atoms with Crippen LogP contribution in [0.4, 0.5) is 34.4 Å². The fourth-order valence-electron chi connectivity index (χ4n) is 4.84. The van der Waals surface area contributed by atoms with Crippen LogP contribution in [0.25, 0.3) is 21.8 Å². The number of hydrogen-bond acceptors (Lipinski definition) is 9. The van der Waals surface area contributed by atoms with Crippen LogP contribution in [-0.2, 0) is 10.0 Å². The number of fused-ring (bicyclic) bond motifs is 2. The molecule has 0 aliphatic heterocycles. The molecule has 0 unspecified atom stereocenters. The molecule has 2 aromatic heterocycles. The lowest BCUT2D eigenvalue weighted by Crippen LogP contribution is -2.37. The molecule has 11 heteroatoms. The smallest absolute Gasteiger partial charge is 0.229 e. The van der Waals surface area contributed by atoms with E-state index >= 15 is 0 Å². The number of anilines is 6. The molecule has 214 valence electrons. The SMILES string of the molecule is C#Cc1cccc(N(c2ncnc3ccc(N)cc23)N(c2cccc(C#C)c2)c2ncnc3ccc(NS(C)(=O)=O)cc23)c1. The van der Waals surface area contributed by atoms with Crippen molar-refractivity contribution in [3.8, 4) is 24.7 Å². The normalized spacial score (nSPS) is 11.1. The summed E-state index contributed by atoms with van der Waals surface area (Å²) >= 11 is 0. The largest absolute Gasteiger partial charge is 0.399 e. The van der Waals surface area contributed by atoms with Crippen LogP contribution < -0.4 is 20.5 Å². The summed E-state index contributed by atoms with van der Waals surface area (Å²) in [7, 11) is -3.56. The van der Waals surface area contributed by atoms with Gasteiger partial charge in [-0.1, -0.05) is 24.0 Å². The van der Waals surface area contributed by atoms with Crippen LogP contribution in [0.15, 0.2) is 97.6 Å². The molecule has 2 heterocycles. The Balaban J connectivity index is 1.73. The Morgan fingerprint density at radius 3 is 1.75 bits per heavy atom. The van der Waals surface area contributed by atoms with Crippen molar-refractivity contribution in [1.82, 2.24) is 19.9 Å². The number of rotatable bonds is 7. The van der Waals surface area contributed by atoms with Crippen molar-refractivity contribution < 1.29 is 8.42 Å². The number of nitrogens with two attached hydrogens (primary N) is 1. The Morgan fingerprint density at radius 1 is 0.705 bits per heavy atom. The number of sulfonamides is 1. The molecule has 6 rings (SSSR count). The van der Waals surface area contributed by atoms with Crippen LogP contribution in [0.3, 0.4) is 0 Å². The van der Waals surface area contributed by atoms with Crippen molar-refractivity contribution in [2.75, 3.05) is 26.7 Å². The second-order valence-electron chi connectivity index (χ2n) is 9.79. The maximum absolute atomic E-state index is 12.1. The lowest BCUT2D eigenvalue weighted by molar-refractivity contribution is 0.607. The van der Waals surface area contributed by atoms with Gasteiger partial charge in [-0.2, -0.15) is 0 Å². The zero-order valence-corrected chi connectivity index (χ0v) is 24.2. The van der Waals surface area contributed by atoms with E-state index in [9.17, 15) is 8.42 Å². The summed E-state index contributed by atoms with van der Waals surface area (Å²) in [6.45, 7) is 0. The van der Waals surface area contributed by atoms with Gasteiger partial charge in [0.15, 0.2) is 11.6 Å². The molecule has 44 heavy (non-hydrogen) atoms. The minimum atomic E-state index is -3.56. The van der Waals surface area contributed by atoms with Gasteiger partial charge in [0.1, 0.15) is 12.7 Å². The van der Waals surface area contributed by atoms with Gasteiger partial charge in [0, 0.05) is 33.3 Å². The highest BCUT2D eigenvalue weighted by atomic mass is 32.2. The molecule has 0 atom stereocenters. The molecular formula is C33H24N8O2S. The second-order valence-corrected chi connectivity index (χ2v) is 11.5. The van der Waals surface area contributed by atoms with E-state index in [2.05, 4.69) is 26.5 Å². The first-order chi connectivity index (χ1) is 21.2. The van der Waals surface area contributed by atoms with Crippen LogP contribution in [0.2, 0.25) is 0 Å². The van der Waals surface area contributed by atoms with Gasteiger partial charge in [0.25, 0.3) is 0 Å². The maximum Gasteiger partial charge on any atom is 0.229 e. The molecule has 0 bridgehead atoms. The van der Waals surface area contributed by atoms with Gasteiger partial charge >= 0.3 is 0 Å². The first kappa shape index (κ1) is 28.0. The zero-order chi connectivity index (χ0) is 30.8. The molecule has 4 aromatic carbocycles. The van der Waals surface area contributed by atoms with Crippen LogP contribution in [0.5, 0.6) is 0 Å². The van der Waals surface area contributed by atoms with Crippen LogP contribution in [-0.4, -0.2) is 34.6 Å². The lowest BCUT2D eigenvalue weighted by atomic mass is 10.1. The highest BCUT2D eigenvalue weighted by Crippen LogP contribution is 2.41. The van der Waals surface area contributed by atoms with E-state index in [4.69, 9.17) is 28.5 Å². The zero-order valence-electron chi connectivity index (χ0n) is 23.4. The summed E-state index contributed by atoms with van der Waals surface area (Å²) in [5, 5.41) is 4.88. The summed E-state index contributed by atoms with van der Waals surface area (Å²) < 4.78 is 26.8. The standard InChI is InChI=1S/C33H24N8O2S/c1-4-22-8-6-10-26(16-22)40(32-28-18-24(34)12-14-30(28)35-20-37-32)41(27-11-7-9-23(5-2)17-27)33-29-19-25(39-44(3,42)43)13-15-31(29)36-21-38-33/h1-2,6-21,39H,34H2,3H3. The van der Waals surface area contributed by atoms with Gasteiger partial charge in [-0.3, -0.25) is 4.72 Å². The Bertz CT molecular complexity index is 2260. The number of hydrazine groups is 1. The van der Waals surface area contributed by atoms with Gasteiger partial charge in [-0.25, -0.2) is 38.4 Å². The number of nitrogens with zero attached hydrogens (tertiary/aromatic N) is 6. The number of hydrogen-bond donors (Lipinski definition) is 2. The predicted octanol–water partition coefficient (Wildman–Crippen LogP) is 5.38. The molecule has 0 saturated heterocycles. The van der Waals surface area contributed by atoms with Crippen molar-refractivity contribution in [3.05, 3.63) is 109 Å². The fraction of sp³-hybridized carbons (Fsp3) is 0.0303. The number of benzene rings is 4. The van der Waals surface area contributed by atoms with Crippen molar-refractivity contribution >= 4 is 66.2 Å². The highest BCUT2D eigenvalue weighted by Gasteiger charge is 2.28. The summed E-state index contributed by atoms with van der Waals surface area (Å²) in [5.74, 6) is 6.27. The second kappa shape index (κ2) is 11.2. The Hall–Kier alpha value is -6.17. The minimum Gasteiger partial charge on any atom is -0.399 e. The average Bonchev–Trinajstić information content (AvgIpc) is 3.02. The summed E-state index contributed by atoms with van der Waals surface area (Å²) in [4.78, 5) is 18.4. The molecule has 0 amide bonds. The van der Waals surface area contributed by atoms with E-state index in [1.54, 1.807) is 30.3 Å². The molecule has 0 aliphatic carbocycles. The highest BCUT2D eigenvalue weighted by molar-refractivity contribution is 7.92. The van der Waals surface area contributed by atoms with Gasteiger partial charge < -0.3 is 5.73 Å². The Morgan fingerprint density at radius 2 is 1.23 bits per heavy atom. The molecule has 0 fully saturated rings. The molecular weight excluding hydrogens is 572 g/mol. The fourth-order valence-corrected chi connectivity index (χ4v) is 5.39. The maximum atomic E-state index is 12.1. The number of nitrogens with one attached hydrogen (secondary N) is 1. The average molecular weight is 597 g/mol. The third-order valence-corrected chi connectivity index (χ3v) is 7.28. The molecule has 10 nitrogen and oxygen atoms in total. The monoisotopic (exact) mass is 596 g/mol. The van der Waals surface area contributed by atoms with E-state index in [1.807, 2.05) is 64.6 Å². The Kier molecular flexibility index (Phi) is 7.15. The third kappa shape index (κ3) is 5.51. The van der Waals surface area contributed by atoms with Crippen LogP contribution >= 0.6 is 0 Å². The van der Waals surface area contributed by atoms with Gasteiger partial charge in [-0.05, 0) is 72.8 Å². The van der Waals surface area contributed by atoms with Gasteiger partial charge in [0.2, 0.25) is 10.0 Å². The first-order valence-electron chi connectivity index (χ1n) is 13.2. The first-order valence-corrected chi connectivity index (χ1v) is 15.1. The molecule has 0 aliphatic rings. The predicted molar refractivity (Wildman–Crippen MR) is 175 cm³/mol. The van der Waals surface area contributed by atoms with Crippen molar-refractivity contribution in [3.63, 3.8) is 0 Å². The lowest BCUT2D eigenvalue weighted by Gasteiger charge is -2.37. The van der Waals surface area contributed by atoms with Crippen LogP contribution in [0, 0.1) is 24.7 Å². The molecule has 0 spiro atoms. The summed E-state index contributed by atoms with van der Waals surface area (Å²) in [6.07, 6.45) is 15.6. The van der Waals surface area contributed by atoms with Crippen molar-refractivity contribution in [2.45, 2.75) is 0 Å². The Labute approximate surface area is 254 Å². The van der Waals surface area contributed by atoms with Crippen molar-refractivity contribution in [2.24, 2.45) is 0 Å². The van der Waals surface area contributed by atoms with Crippen LogP contribution in [0.1, 0.15) is 11.1 Å². The molecule has 3 N–H and O–H groups in total. The number of nitrogen functional groups attached to an aromatic ring is 1. The van der Waals surface area contributed by atoms with E-state index in [0.29, 0.717) is 67.3 Å². The van der Waals surface area contributed by atoms with Crippen molar-refractivity contribution in [1.29, 1.82) is 0 Å². The van der Waals surface area contributed by atoms with Gasteiger partial charge in [0.05, 0.1) is 28.7 Å². The quantitative estimate of drug-likeness (QED) is 0.142. The topological polar surface area (TPSA) is 130 Å².